The number of nitrogens with one attached hydrogen (secondary N) is 2. The Hall–Kier alpha value is -2.54. The minimum Gasteiger partial charge on any atom is -0.486 e. The molecule has 1 atom stereocenters. The maximum Gasteiger partial charge on any atom is 0.234 e. The molecule has 0 spiro atoms. The molecule has 1 unspecified atom stereocenters. The number of rotatable bonds is 7. The molecule has 0 fully saturated rings. The van der Waals surface area contributed by atoms with Gasteiger partial charge in [0.2, 0.25) is 5.91 Å². The largest absolute Gasteiger partial charge is 0.486 e. The smallest absolute Gasteiger partial charge is 0.234 e. The molecule has 1 aliphatic rings. The van der Waals surface area contributed by atoms with Crippen LogP contribution in [-0.2, 0) is 11.3 Å². The Kier molecular flexibility index (Phi) is 5.32. The van der Waals surface area contributed by atoms with Gasteiger partial charge in [0.25, 0.3) is 0 Å². The summed E-state index contributed by atoms with van der Waals surface area (Å²) in [5.74, 6) is 1.44. The van der Waals surface area contributed by atoms with Crippen molar-refractivity contribution in [1.82, 2.24) is 20.4 Å². The molecule has 2 aromatic rings. The summed E-state index contributed by atoms with van der Waals surface area (Å²) >= 11 is 0. The lowest BCUT2D eigenvalue weighted by Gasteiger charge is -2.21. The lowest BCUT2D eigenvalue weighted by molar-refractivity contribution is -0.120. The highest BCUT2D eigenvalue weighted by Crippen LogP contribution is 2.32. The van der Waals surface area contributed by atoms with Crippen molar-refractivity contribution in [2.24, 2.45) is 0 Å². The molecule has 3 rings (SSSR count). The summed E-state index contributed by atoms with van der Waals surface area (Å²) < 4.78 is 12.9. The summed E-state index contributed by atoms with van der Waals surface area (Å²) in [5.41, 5.74) is 0.990. The molecule has 1 aliphatic heterocycles. The van der Waals surface area contributed by atoms with Crippen LogP contribution in [-0.4, -0.2) is 42.0 Å². The summed E-state index contributed by atoms with van der Waals surface area (Å²) in [6.45, 7) is 4.77. The van der Waals surface area contributed by atoms with E-state index in [9.17, 15) is 4.79 Å². The monoisotopic (exact) mass is 330 g/mol. The number of hydrogen-bond donors (Lipinski definition) is 2. The Morgan fingerprint density at radius 1 is 1.33 bits per heavy atom. The lowest BCUT2D eigenvalue weighted by Crippen LogP contribution is -2.36. The van der Waals surface area contributed by atoms with Crippen molar-refractivity contribution in [2.45, 2.75) is 19.5 Å². The van der Waals surface area contributed by atoms with Gasteiger partial charge < -0.3 is 20.1 Å². The second-order valence-corrected chi connectivity index (χ2v) is 5.64. The van der Waals surface area contributed by atoms with Gasteiger partial charge in [0, 0.05) is 18.9 Å². The van der Waals surface area contributed by atoms with E-state index in [0.717, 1.165) is 23.6 Å². The highest BCUT2D eigenvalue weighted by Gasteiger charge is 2.15. The molecule has 128 valence electrons. The van der Waals surface area contributed by atoms with Crippen LogP contribution in [0.2, 0.25) is 0 Å². The fourth-order valence-corrected chi connectivity index (χ4v) is 2.53. The number of ether oxygens (including phenoxy) is 2. The number of amides is 1. The average molecular weight is 330 g/mol. The van der Waals surface area contributed by atoms with Crippen LogP contribution in [0.5, 0.6) is 11.5 Å². The molecule has 0 aliphatic carbocycles. The maximum atomic E-state index is 12.0. The van der Waals surface area contributed by atoms with Crippen molar-refractivity contribution in [2.75, 3.05) is 26.3 Å². The molecule has 0 saturated heterocycles. The molecule has 0 saturated carbocycles. The van der Waals surface area contributed by atoms with Gasteiger partial charge in [-0.1, -0.05) is 6.07 Å². The molecule has 2 N–H and O–H groups in total. The van der Waals surface area contributed by atoms with Crippen molar-refractivity contribution in [3.05, 3.63) is 42.2 Å². The predicted molar refractivity (Wildman–Crippen MR) is 89.1 cm³/mol. The van der Waals surface area contributed by atoms with Crippen LogP contribution in [0.3, 0.4) is 0 Å². The van der Waals surface area contributed by atoms with Gasteiger partial charge in [-0.15, -0.1) is 0 Å². The Labute approximate surface area is 140 Å². The van der Waals surface area contributed by atoms with Crippen LogP contribution in [0.4, 0.5) is 0 Å². The first kappa shape index (κ1) is 16.3. The van der Waals surface area contributed by atoms with E-state index >= 15 is 0 Å². The molecule has 2 heterocycles. The first-order chi connectivity index (χ1) is 11.7. The fraction of sp³-hybridized carbons (Fsp3) is 0.412. The van der Waals surface area contributed by atoms with Gasteiger partial charge >= 0.3 is 0 Å². The van der Waals surface area contributed by atoms with E-state index in [1.54, 1.807) is 6.20 Å². The van der Waals surface area contributed by atoms with Crippen molar-refractivity contribution >= 4 is 5.91 Å². The molecular weight excluding hydrogens is 308 g/mol. The highest BCUT2D eigenvalue weighted by atomic mass is 16.6. The minimum absolute atomic E-state index is 0.0437. The Morgan fingerprint density at radius 2 is 2.17 bits per heavy atom. The van der Waals surface area contributed by atoms with Crippen LogP contribution in [0.15, 0.2) is 36.7 Å². The average Bonchev–Trinajstić information content (AvgIpc) is 3.11. The molecule has 24 heavy (non-hydrogen) atoms. The van der Waals surface area contributed by atoms with Crippen LogP contribution in [0, 0.1) is 0 Å². The second kappa shape index (κ2) is 7.83. The highest BCUT2D eigenvalue weighted by molar-refractivity contribution is 5.78. The van der Waals surface area contributed by atoms with Gasteiger partial charge in [0.15, 0.2) is 11.5 Å². The third kappa shape index (κ3) is 4.26. The van der Waals surface area contributed by atoms with E-state index in [-0.39, 0.29) is 18.5 Å². The van der Waals surface area contributed by atoms with E-state index in [0.29, 0.717) is 19.8 Å². The lowest BCUT2D eigenvalue weighted by atomic mass is 10.1. The number of carbonyl (C=O) groups is 1. The zero-order valence-electron chi connectivity index (χ0n) is 13.7. The zero-order valence-corrected chi connectivity index (χ0v) is 13.7. The van der Waals surface area contributed by atoms with E-state index in [2.05, 4.69) is 15.7 Å². The first-order valence-electron chi connectivity index (χ1n) is 8.09. The van der Waals surface area contributed by atoms with Gasteiger partial charge in [-0.25, -0.2) is 0 Å². The van der Waals surface area contributed by atoms with Crippen molar-refractivity contribution < 1.29 is 14.3 Å². The van der Waals surface area contributed by atoms with Crippen LogP contribution < -0.4 is 20.1 Å². The van der Waals surface area contributed by atoms with E-state index in [1.807, 2.05) is 42.1 Å². The normalized spacial score (nSPS) is 14.2. The Bertz CT molecular complexity index is 672. The minimum atomic E-state index is -0.0961. The summed E-state index contributed by atoms with van der Waals surface area (Å²) in [4.78, 5) is 12.0. The first-order valence-corrected chi connectivity index (χ1v) is 8.09. The zero-order chi connectivity index (χ0) is 16.8. The van der Waals surface area contributed by atoms with Crippen molar-refractivity contribution in [3.8, 4) is 11.5 Å². The number of benzene rings is 1. The topological polar surface area (TPSA) is 77.4 Å². The van der Waals surface area contributed by atoms with Gasteiger partial charge in [0.05, 0.1) is 19.1 Å². The molecular formula is C17H22N4O3. The Morgan fingerprint density at radius 3 is 2.96 bits per heavy atom. The van der Waals surface area contributed by atoms with Crippen molar-refractivity contribution in [1.29, 1.82) is 0 Å². The number of hydrogen-bond acceptors (Lipinski definition) is 5. The second-order valence-electron chi connectivity index (χ2n) is 5.64. The molecule has 0 bridgehead atoms. The number of fused-ring (bicyclic) bond motifs is 1. The SMILES string of the molecule is CC(NC(=O)CNCCn1cccn1)c1ccc2c(c1)OCCO2. The Balaban J connectivity index is 1.43. The third-order valence-corrected chi connectivity index (χ3v) is 3.81. The van der Waals surface area contributed by atoms with E-state index in [4.69, 9.17) is 9.47 Å². The van der Waals surface area contributed by atoms with E-state index < -0.39 is 0 Å². The van der Waals surface area contributed by atoms with Gasteiger partial charge in [0.1, 0.15) is 13.2 Å². The standard InChI is InChI=1S/C17H22N4O3/c1-13(14-3-4-15-16(11-14)24-10-9-23-15)20-17(22)12-18-6-8-21-7-2-5-19-21/h2-5,7,11,13,18H,6,8-10,12H2,1H3,(H,20,22). The van der Waals surface area contributed by atoms with Crippen LogP contribution >= 0.6 is 0 Å². The van der Waals surface area contributed by atoms with Gasteiger partial charge in [-0.05, 0) is 30.7 Å². The summed E-state index contributed by atoms with van der Waals surface area (Å²) in [6.07, 6.45) is 3.63. The molecule has 1 aromatic heterocycles. The summed E-state index contributed by atoms with van der Waals surface area (Å²) in [5, 5.41) is 10.2. The van der Waals surface area contributed by atoms with Gasteiger partial charge in [-0.2, -0.15) is 5.10 Å². The number of aromatic nitrogens is 2. The molecule has 0 radical (unpaired) electrons. The van der Waals surface area contributed by atoms with Crippen molar-refractivity contribution in [3.63, 3.8) is 0 Å². The van der Waals surface area contributed by atoms with Crippen LogP contribution in [0.1, 0.15) is 18.5 Å². The fourth-order valence-electron chi connectivity index (χ4n) is 2.53. The van der Waals surface area contributed by atoms with E-state index in [1.165, 1.54) is 0 Å². The summed E-state index contributed by atoms with van der Waals surface area (Å²) in [7, 11) is 0. The van der Waals surface area contributed by atoms with Gasteiger partial charge in [-0.3, -0.25) is 9.48 Å². The third-order valence-electron chi connectivity index (χ3n) is 3.81. The molecule has 1 amide bonds. The summed E-state index contributed by atoms with van der Waals surface area (Å²) in [6, 6.07) is 7.53. The maximum absolute atomic E-state index is 12.0. The van der Waals surface area contributed by atoms with Crippen LogP contribution in [0.25, 0.3) is 0 Å². The number of nitrogens with zero attached hydrogens (tertiary/aromatic N) is 2. The molecule has 7 heteroatoms. The molecule has 7 nitrogen and oxygen atoms in total. The number of carbonyl (C=O) groups excluding carboxylic acids is 1. The molecule has 1 aromatic carbocycles. The quantitative estimate of drug-likeness (QED) is 0.744. The predicted octanol–water partition coefficient (Wildman–Crippen LogP) is 1.12.